The molecule has 0 fully saturated rings. The van der Waals surface area contributed by atoms with Crippen molar-refractivity contribution < 1.29 is 9.59 Å². The Kier molecular flexibility index (Phi) is 6.98. The molecule has 7 heteroatoms. The van der Waals surface area contributed by atoms with Crippen molar-refractivity contribution in [1.82, 2.24) is 0 Å². The van der Waals surface area contributed by atoms with Gasteiger partial charge in [0.05, 0.1) is 5.75 Å². The maximum absolute atomic E-state index is 12.2. The Morgan fingerprint density at radius 3 is 2.07 bits per heavy atom. The predicted octanol–water partition coefficient (Wildman–Crippen LogP) is 5.98. The Morgan fingerprint density at radius 2 is 1.43 bits per heavy atom. The standard InChI is InChI=1S/C21H16Cl2N2O2S/c22-15-4-10-19(11-5-15)28-13-20(26)24-17-6-8-18(9-7-17)25-21(27)14-2-1-3-16(23)12-14/h1-12H,13H2,(H,24,26)(H,25,27). The largest absolute Gasteiger partial charge is 0.325 e. The number of thioether (sulfide) groups is 1. The summed E-state index contributed by atoms with van der Waals surface area (Å²) < 4.78 is 0. The van der Waals surface area contributed by atoms with E-state index in [0.717, 1.165) is 4.90 Å². The highest BCUT2D eigenvalue weighted by Gasteiger charge is 2.08. The minimum absolute atomic E-state index is 0.115. The SMILES string of the molecule is O=C(CSc1ccc(Cl)cc1)Nc1ccc(NC(=O)c2cccc(Cl)c2)cc1. The van der Waals surface area contributed by atoms with Gasteiger partial charge in [-0.1, -0.05) is 29.3 Å². The highest BCUT2D eigenvalue weighted by molar-refractivity contribution is 8.00. The second-order valence-electron chi connectivity index (χ2n) is 5.83. The molecule has 0 unspecified atom stereocenters. The summed E-state index contributed by atoms with van der Waals surface area (Å²) in [5.74, 6) is -0.0798. The molecular weight excluding hydrogens is 415 g/mol. The monoisotopic (exact) mass is 430 g/mol. The van der Waals surface area contributed by atoms with Crippen LogP contribution in [0.25, 0.3) is 0 Å². The number of carbonyl (C=O) groups excluding carboxylic acids is 2. The van der Waals surface area contributed by atoms with Crippen molar-refractivity contribution in [3.05, 3.63) is 88.4 Å². The molecule has 3 aromatic rings. The van der Waals surface area contributed by atoms with E-state index < -0.39 is 0 Å². The van der Waals surface area contributed by atoms with E-state index in [1.807, 2.05) is 12.1 Å². The molecule has 0 spiro atoms. The number of hydrogen-bond acceptors (Lipinski definition) is 3. The summed E-state index contributed by atoms with van der Waals surface area (Å²) in [5, 5.41) is 6.78. The third-order valence-electron chi connectivity index (χ3n) is 3.70. The first-order chi connectivity index (χ1) is 13.5. The molecule has 0 saturated heterocycles. The van der Waals surface area contributed by atoms with Crippen LogP contribution in [-0.4, -0.2) is 17.6 Å². The molecule has 0 bridgehead atoms. The van der Waals surface area contributed by atoms with Crippen molar-refractivity contribution in [3.63, 3.8) is 0 Å². The number of benzene rings is 3. The fraction of sp³-hybridized carbons (Fsp3) is 0.0476. The van der Waals surface area contributed by atoms with Crippen LogP contribution in [0.2, 0.25) is 10.0 Å². The minimum Gasteiger partial charge on any atom is -0.325 e. The van der Waals surface area contributed by atoms with Gasteiger partial charge < -0.3 is 10.6 Å². The molecule has 3 rings (SSSR count). The Morgan fingerprint density at radius 1 is 0.786 bits per heavy atom. The number of rotatable bonds is 6. The van der Waals surface area contributed by atoms with Gasteiger partial charge in [0.2, 0.25) is 5.91 Å². The number of halogens is 2. The summed E-state index contributed by atoms with van der Waals surface area (Å²) in [5.41, 5.74) is 1.75. The Bertz CT molecular complexity index is 976. The van der Waals surface area contributed by atoms with Crippen molar-refractivity contribution >= 4 is 58.2 Å². The normalized spacial score (nSPS) is 10.4. The van der Waals surface area contributed by atoms with Gasteiger partial charge in [-0.05, 0) is 66.7 Å². The lowest BCUT2D eigenvalue weighted by atomic mass is 10.2. The lowest BCUT2D eigenvalue weighted by molar-refractivity contribution is -0.113. The van der Waals surface area contributed by atoms with Crippen LogP contribution < -0.4 is 10.6 Å². The molecule has 0 heterocycles. The molecule has 0 saturated carbocycles. The van der Waals surface area contributed by atoms with Crippen LogP contribution in [0, 0.1) is 0 Å². The minimum atomic E-state index is -0.251. The number of nitrogens with one attached hydrogen (secondary N) is 2. The molecule has 0 aromatic heterocycles. The van der Waals surface area contributed by atoms with Crippen LogP contribution in [0.3, 0.4) is 0 Å². The van der Waals surface area contributed by atoms with Gasteiger partial charge >= 0.3 is 0 Å². The van der Waals surface area contributed by atoms with Gasteiger partial charge in [-0.25, -0.2) is 0 Å². The molecular formula is C21H16Cl2N2O2S. The lowest BCUT2D eigenvalue weighted by Crippen LogP contribution is -2.14. The highest BCUT2D eigenvalue weighted by atomic mass is 35.5. The van der Waals surface area contributed by atoms with E-state index in [0.29, 0.717) is 27.0 Å². The van der Waals surface area contributed by atoms with E-state index in [9.17, 15) is 9.59 Å². The molecule has 0 atom stereocenters. The zero-order chi connectivity index (χ0) is 19.9. The molecule has 28 heavy (non-hydrogen) atoms. The maximum atomic E-state index is 12.2. The molecule has 2 amide bonds. The van der Waals surface area contributed by atoms with Crippen molar-refractivity contribution in [2.24, 2.45) is 0 Å². The summed E-state index contributed by atoms with van der Waals surface area (Å²) >= 11 is 13.2. The molecule has 4 nitrogen and oxygen atoms in total. The zero-order valence-corrected chi connectivity index (χ0v) is 16.9. The summed E-state index contributed by atoms with van der Waals surface area (Å²) in [7, 11) is 0. The van der Waals surface area contributed by atoms with Gasteiger partial charge in [0, 0.05) is 31.9 Å². The first-order valence-electron chi connectivity index (χ1n) is 8.35. The zero-order valence-electron chi connectivity index (χ0n) is 14.6. The summed E-state index contributed by atoms with van der Waals surface area (Å²) in [6, 6.07) is 21.0. The van der Waals surface area contributed by atoms with Crippen LogP contribution in [-0.2, 0) is 4.79 Å². The average molecular weight is 431 g/mol. The fourth-order valence-electron chi connectivity index (χ4n) is 2.35. The van der Waals surface area contributed by atoms with Gasteiger partial charge in [-0.15, -0.1) is 11.8 Å². The van der Waals surface area contributed by atoms with E-state index in [4.69, 9.17) is 23.2 Å². The molecule has 0 aliphatic carbocycles. The predicted molar refractivity (Wildman–Crippen MR) is 117 cm³/mol. The number of amides is 2. The van der Waals surface area contributed by atoms with Gasteiger partial charge in [0.15, 0.2) is 0 Å². The molecule has 0 radical (unpaired) electrons. The van der Waals surface area contributed by atoms with E-state index >= 15 is 0 Å². The fourth-order valence-corrected chi connectivity index (χ4v) is 3.36. The van der Waals surface area contributed by atoms with Crippen LogP contribution in [0.5, 0.6) is 0 Å². The molecule has 2 N–H and O–H groups in total. The quantitative estimate of drug-likeness (QED) is 0.473. The smallest absolute Gasteiger partial charge is 0.255 e. The van der Waals surface area contributed by atoms with Crippen molar-refractivity contribution in [3.8, 4) is 0 Å². The van der Waals surface area contributed by atoms with E-state index in [1.165, 1.54) is 11.8 Å². The topological polar surface area (TPSA) is 58.2 Å². The van der Waals surface area contributed by atoms with Crippen LogP contribution in [0.4, 0.5) is 11.4 Å². The van der Waals surface area contributed by atoms with Crippen LogP contribution in [0.1, 0.15) is 10.4 Å². The Hall–Kier alpha value is -2.47. The highest BCUT2D eigenvalue weighted by Crippen LogP contribution is 2.21. The van der Waals surface area contributed by atoms with Gasteiger partial charge in [0.25, 0.3) is 5.91 Å². The lowest BCUT2D eigenvalue weighted by Gasteiger charge is -2.08. The van der Waals surface area contributed by atoms with Crippen LogP contribution in [0.15, 0.2) is 77.7 Å². The van der Waals surface area contributed by atoms with Gasteiger partial charge in [-0.3, -0.25) is 9.59 Å². The van der Waals surface area contributed by atoms with Gasteiger partial charge in [0.1, 0.15) is 0 Å². The van der Waals surface area contributed by atoms with E-state index in [1.54, 1.807) is 60.7 Å². The van der Waals surface area contributed by atoms with E-state index in [2.05, 4.69) is 10.6 Å². The molecule has 0 aliphatic heterocycles. The molecule has 0 aliphatic rings. The van der Waals surface area contributed by atoms with Crippen molar-refractivity contribution in [2.45, 2.75) is 4.90 Å². The summed E-state index contributed by atoms with van der Waals surface area (Å²) in [6.07, 6.45) is 0. The summed E-state index contributed by atoms with van der Waals surface area (Å²) in [6.45, 7) is 0. The molecule has 3 aromatic carbocycles. The first-order valence-corrected chi connectivity index (χ1v) is 10.1. The number of anilines is 2. The maximum Gasteiger partial charge on any atom is 0.255 e. The third kappa shape index (κ3) is 6.02. The molecule has 142 valence electrons. The summed E-state index contributed by atoms with van der Waals surface area (Å²) in [4.78, 5) is 25.3. The second kappa shape index (κ2) is 9.64. The van der Waals surface area contributed by atoms with Crippen LogP contribution >= 0.6 is 35.0 Å². The van der Waals surface area contributed by atoms with Crippen molar-refractivity contribution in [1.29, 1.82) is 0 Å². The average Bonchev–Trinajstić information content (AvgIpc) is 2.69. The second-order valence-corrected chi connectivity index (χ2v) is 7.75. The third-order valence-corrected chi connectivity index (χ3v) is 5.20. The number of carbonyl (C=O) groups is 2. The van der Waals surface area contributed by atoms with Gasteiger partial charge in [-0.2, -0.15) is 0 Å². The number of hydrogen-bond donors (Lipinski definition) is 2. The van der Waals surface area contributed by atoms with Crippen molar-refractivity contribution in [2.75, 3.05) is 16.4 Å². The van der Waals surface area contributed by atoms with E-state index in [-0.39, 0.29) is 17.6 Å². The first kappa shape index (κ1) is 20.3. The Labute approximate surface area is 177 Å². The Balaban J connectivity index is 1.51.